The van der Waals surface area contributed by atoms with E-state index in [4.69, 9.17) is 0 Å². The highest BCUT2D eigenvalue weighted by Gasteiger charge is 2.37. The summed E-state index contributed by atoms with van der Waals surface area (Å²) in [5, 5.41) is 1.59. The zero-order valence-electron chi connectivity index (χ0n) is 9.14. The largest absolute Gasteiger partial charge is 0.416 e. The normalized spacial score (nSPS) is 12.7. The van der Waals surface area contributed by atoms with Crippen molar-refractivity contribution in [2.45, 2.75) is 12.4 Å². The molecule has 0 radical (unpaired) electrons. The van der Waals surface area contributed by atoms with Gasteiger partial charge in [-0.05, 0) is 35.2 Å². The maximum absolute atomic E-state index is 12.6. The second-order valence-electron chi connectivity index (χ2n) is 3.77. The fraction of sp³-hybridized carbons (Fsp3) is 0.167. The number of benzene rings is 1. The van der Waals surface area contributed by atoms with Crippen molar-refractivity contribution in [3.05, 3.63) is 46.8 Å². The highest BCUT2D eigenvalue weighted by Crippen LogP contribution is 2.39. The summed E-state index contributed by atoms with van der Waals surface area (Å²) < 4.78 is 75.7. The third-order valence-corrected chi connectivity index (χ3v) is 3.31. The fourth-order valence-corrected chi connectivity index (χ4v) is 2.25. The first kappa shape index (κ1) is 13.9. The zero-order chi connectivity index (χ0) is 14.3. The second-order valence-corrected chi connectivity index (χ2v) is 4.72. The van der Waals surface area contributed by atoms with Crippen LogP contribution in [0.2, 0.25) is 0 Å². The van der Waals surface area contributed by atoms with Crippen LogP contribution in [-0.2, 0) is 12.4 Å². The van der Waals surface area contributed by atoms with Gasteiger partial charge in [0.25, 0.3) is 0 Å². The van der Waals surface area contributed by atoms with Crippen molar-refractivity contribution in [2.24, 2.45) is 0 Å². The first-order valence-corrected chi connectivity index (χ1v) is 5.89. The van der Waals surface area contributed by atoms with Gasteiger partial charge in [-0.1, -0.05) is 6.07 Å². The lowest BCUT2D eigenvalue weighted by atomic mass is 10.0. The van der Waals surface area contributed by atoms with E-state index in [1.54, 1.807) is 11.4 Å². The summed E-state index contributed by atoms with van der Waals surface area (Å²) in [7, 11) is 0. The van der Waals surface area contributed by atoms with Crippen LogP contribution in [0.3, 0.4) is 0 Å². The Balaban J connectivity index is 2.62. The van der Waals surface area contributed by atoms with E-state index in [2.05, 4.69) is 0 Å². The van der Waals surface area contributed by atoms with Gasteiger partial charge < -0.3 is 0 Å². The van der Waals surface area contributed by atoms with Crippen LogP contribution < -0.4 is 0 Å². The molecule has 0 aliphatic rings. The maximum Gasteiger partial charge on any atom is 0.416 e. The molecule has 1 heterocycles. The molecule has 0 saturated heterocycles. The molecule has 0 unspecified atom stereocenters. The van der Waals surface area contributed by atoms with Crippen LogP contribution in [-0.4, -0.2) is 0 Å². The Morgan fingerprint density at radius 2 is 1.32 bits per heavy atom. The van der Waals surface area contributed by atoms with E-state index < -0.39 is 23.5 Å². The Bertz CT molecular complexity index is 533. The molecule has 1 aromatic heterocycles. The summed E-state index contributed by atoms with van der Waals surface area (Å²) in [5.41, 5.74) is -2.69. The monoisotopic (exact) mass is 296 g/mol. The first-order chi connectivity index (χ1) is 8.68. The van der Waals surface area contributed by atoms with Crippen molar-refractivity contribution in [3.63, 3.8) is 0 Å². The first-order valence-electron chi connectivity index (χ1n) is 5.01. The van der Waals surface area contributed by atoms with E-state index in [9.17, 15) is 26.3 Å². The van der Waals surface area contributed by atoms with Gasteiger partial charge in [0.2, 0.25) is 0 Å². The molecule has 0 amide bonds. The van der Waals surface area contributed by atoms with Crippen LogP contribution in [0.1, 0.15) is 11.1 Å². The number of hydrogen-bond donors (Lipinski definition) is 0. The average molecular weight is 296 g/mol. The number of hydrogen-bond acceptors (Lipinski definition) is 1. The summed E-state index contributed by atoms with van der Waals surface area (Å²) in [6, 6.07) is 4.60. The quantitative estimate of drug-likeness (QED) is 0.614. The van der Waals surface area contributed by atoms with Crippen LogP contribution >= 0.6 is 11.3 Å². The molecule has 2 rings (SSSR count). The molecule has 102 valence electrons. The van der Waals surface area contributed by atoms with Gasteiger partial charge in [0.05, 0.1) is 11.1 Å². The van der Waals surface area contributed by atoms with Crippen LogP contribution in [0.5, 0.6) is 0 Å². The third-order valence-electron chi connectivity index (χ3n) is 2.39. The van der Waals surface area contributed by atoms with Crippen LogP contribution in [0, 0.1) is 0 Å². The van der Waals surface area contributed by atoms with Crippen LogP contribution in [0.25, 0.3) is 10.4 Å². The average Bonchev–Trinajstić information content (AvgIpc) is 2.79. The minimum Gasteiger partial charge on any atom is -0.166 e. The van der Waals surface area contributed by atoms with Crippen molar-refractivity contribution in [2.75, 3.05) is 0 Å². The smallest absolute Gasteiger partial charge is 0.166 e. The predicted molar refractivity (Wildman–Crippen MR) is 59.8 cm³/mol. The molecule has 0 fully saturated rings. The van der Waals surface area contributed by atoms with Gasteiger partial charge in [-0.15, -0.1) is 11.3 Å². The van der Waals surface area contributed by atoms with Gasteiger partial charge >= 0.3 is 12.4 Å². The highest BCUT2D eigenvalue weighted by molar-refractivity contribution is 7.13. The van der Waals surface area contributed by atoms with E-state index >= 15 is 0 Å². The molecule has 2 aromatic rings. The molecule has 0 nitrogen and oxygen atoms in total. The van der Waals surface area contributed by atoms with Crippen molar-refractivity contribution in [3.8, 4) is 10.4 Å². The molecular weight excluding hydrogens is 290 g/mol. The van der Waals surface area contributed by atoms with Gasteiger partial charge in [-0.25, -0.2) is 0 Å². The molecule has 0 bridgehead atoms. The number of alkyl halides is 6. The minimum atomic E-state index is -4.81. The Kier molecular flexibility index (Phi) is 3.34. The summed E-state index contributed by atoms with van der Waals surface area (Å²) in [5.74, 6) is 0. The van der Waals surface area contributed by atoms with Gasteiger partial charge in [-0.3, -0.25) is 0 Å². The Hall–Kier alpha value is -1.50. The predicted octanol–water partition coefficient (Wildman–Crippen LogP) is 5.45. The van der Waals surface area contributed by atoms with Crippen molar-refractivity contribution in [1.29, 1.82) is 0 Å². The molecule has 19 heavy (non-hydrogen) atoms. The minimum absolute atomic E-state index is 0.0860. The summed E-state index contributed by atoms with van der Waals surface area (Å²) in [6.07, 6.45) is -9.62. The molecule has 1 aromatic carbocycles. The molecule has 0 spiro atoms. The number of thiophene rings is 1. The summed E-state index contributed by atoms with van der Waals surface area (Å²) in [6.45, 7) is 0. The molecule has 0 aliphatic carbocycles. The van der Waals surface area contributed by atoms with Gasteiger partial charge in [-0.2, -0.15) is 26.3 Å². The van der Waals surface area contributed by atoms with E-state index in [1.165, 1.54) is 6.07 Å². The van der Waals surface area contributed by atoms with Crippen molar-refractivity contribution < 1.29 is 26.3 Å². The molecule has 0 saturated carbocycles. The van der Waals surface area contributed by atoms with E-state index in [0.717, 1.165) is 23.5 Å². The Morgan fingerprint density at radius 3 is 1.68 bits per heavy atom. The van der Waals surface area contributed by atoms with Crippen molar-refractivity contribution in [1.82, 2.24) is 0 Å². The lowest BCUT2D eigenvalue weighted by Crippen LogP contribution is -2.10. The molecule has 7 heteroatoms. The second kappa shape index (κ2) is 4.56. The molecule has 0 N–H and O–H groups in total. The van der Waals surface area contributed by atoms with E-state index in [-0.39, 0.29) is 11.6 Å². The fourth-order valence-electron chi connectivity index (χ4n) is 1.54. The van der Waals surface area contributed by atoms with Crippen LogP contribution in [0.15, 0.2) is 35.7 Å². The van der Waals surface area contributed by atoms with Gasteiger partial charge in [0, 0.05) is 4.88 Å². The van der Waals surface area contributed by atoms with Crippen molar-refractivity contribution >= 4 is 11.3 Å². The SMILES string of the molecule is FC(F)(F)c1cc(-c2cccs2)cc(C(F)(F)F)c1. The number of rotatable bonds is 1. The summed E-state index contributed by atoms with van der Waals surface area (Å²) >= 11 is 1.08. The van der Waals surface area contributed by atoms with E-state index in [1.807, 2.05) is 0 Å². The third kappa shape index (κ3) is 3.09. The Labute approximate surface area is 108 Å². The van der Waals surface area contributed by atoms with E-state index in [0.29, 0.717) is 4.88 Å². The Morgan fingerprint density at radius 1 is 0.789 bits per heavy atom. The maximum atomic E-state index is 12.6. The topological polar surface area (TPSA) is 0 Å². The van der Waals surface area contributed by atoms with Crippen LogP contribution in [0.4, 0.5) is 26.3 Å². The summed E-state index contributed by atoms with van der Waals surface area (Å²) in [4.78, 5) is 0.358. The lowest BCUT2D eigenvalue weighted by molar-refractivity contribution is -0.143. The highest BCUT2D eigenvalue weighted by atomic mass is 32.1. The molecule has 0 aliphatic heterocycles. The molecule has 0 atom stereocenters. The standard InChI is InChI=1S/C12H6F6S/c13-11(14,15)8-4-7(10-2-1-3-19-10)5-9(6-8)12(16,17)18/h1-6H. The van der Waals surface area contributed by atoms with Gasteiger partial charge in [0.15, 0.2) is 0 Å². The lowest BCUT2D eigenvalue weighted by Gasteiger charge is -2.13. The number of halogens is 6. The van der Waals surface area contributed by atoms with Gasteiger partial charge in [0.1, 0.15) is 0 Å². The molecular formula is C12H6F6S. The zero-order valence-corrected chi connectivity index (χ0v) is 9.96.